The van der Waals surface area contributed by atoms with Crippen molar-refractivity contribution in [3.63, 3.8) is 0 Å². The second-order valence-corrected chi connectivity index (χ2v) is 1.80. The minimum atomic E-state index is -4.40. The summed E-state index contributed by atoms with van der Waals surface area (Å²) in [5, 5.41) is 4.79. The Morgan fingerprint density at radius 1 is 1.58 bits per heavy atom. The van der Waals surface area contributed by atoms with Gasteiger partial charge < -0.3 is 5.32 Å². The lowest BCUT2D eigenvalue weighted by molar-refractivity contribution is -0.122. The van der Waals surface area contributed by atoms with Crippen molar-refractivity contribution in [3.8, 4) is 0 Å². The van der Waals surface area contributed by atoms with Gasteiger partial charge >= 0.3 is 12.2 Å². The van der Waals surface area contributed by atoms with Crippen LogP contribution in [0.2, 0.25) is 0 Å². The Hall–Kier alpha value is -1.27. The third-order valence-electron chi connectivity index (χ3n) is 0.745. The van der Waals surface area contributed by atoms with E-state index in [1.54, 1.807) is 5.32 Å². The van der Waals surface area contributed by atoms with Crippen molar-refractivity contribution in [3.05, 3.63) is 0 Å². The van der Waals surface area contributed by atoms with E-state index in [4.69, 9.17) is 0 Å². The number of carbonyl (C=O) groups excluding carboxylic acids is 1. The first-order chi connectivity index (χ1) is 5.45. The summed E-state index contributed by atoms with van der Waals surface area (Å²) >= 11 is 0. The second-order valence-electron chi connectivity index (χ2n) is 1.80. The number of alkyl halides is 3. The summed E-state index contributed by atoms with van der Waals surface area (Å²) in [6, 6.07) is -0.981. The van der Waals surface area contributed by atoms with Crippen LogP contribution in [0.1, 0.15) is 6.92 Å². The van der Waals surface area contributed by atoms with Crippen molar-refractivity contribution < 1.29 is 18.0 Å². The number of nitrogens with zero attached hydrogens (tertiary/aromatic N) is 1. The second kappa shape index (κ2) is 4.58. The van der Waals surface area contributed by atoms with Crippen molar-refractivity contribution in [2.75, 3.05) is 6.54 Å². The van der Waals surface area contributed by atoms with Gasteiger partial charge in [0.25, 0.3) is 0 Å². The highest BCUT2D eigenvalue weighted by Gasteiger charge is 2.27. The van der Waals surface area contributed by atoms with Gasteiger partial charge in [-0.05, 0) is 6.92 Å². The van der Waals surface area contributed by atoms with Gasteiger partial charge in [0.1, 0.15) is 6.54 Å². The first kappa shape index (κ1) is 10.7. The first-order valence-electron chi connectivity index (χ1n) is 3.04. The molecule has 0 fully saturated rings. The lowest BCUT2D eigenvalue weighted by atomic mass is 10.6. The van der Waals surface area contributed by atoms with E-state index in [0.29, 0.717) is 0 Å². The van der Waals surface area contributed by atoms with E-state index in [-0.39, 0.29) is 0 Å². The summed E-state index contributed by atoms with van der Waals surface area (Å²) in [5.74, 6) is 0. The predicted molar refractivity (Wildman–Crippen MR) is 36.8 cm³/mol. The molecule has 7 heteroatoms. The fourth-order valence-electron chi connectivity index (χ4n) is 0.343. The molecule has 0 radical (unpaired) electrons. The highest BCUT2D eigenvalue weighted by molar-refractivity contribution is 5.74. The van der Waals surface area contributed by atoms with Gasteiger partial charge in [-0.1, -0.05) is 0 Å². The third kappa shape index (κ3) is 6.84. The Morgan fingerprint density at radius 3 is 2.58 bits per heavy atom. The largest absolute Gasteiger partial charge is 0.405 e. The Bertz CT molecular complexity index is 177. The van der Waals surface area contributed by atoms with Gasteiger partial charge in [-0.25, -0.2) is 10.2 Å². The normalized spacial score (nSPS) is 11.7. The average Bonchev–Trinajstić information content (AvgIpc) is 1.95. The predicted octanol–water partition coefficient (Wildman–Crippen LogP) is 0.854. The number of halogens is 3. The monoisotopic (exact) mass is 183 g/mol. The van der Waals surface area contributed by atoms with E-state index in [0.717, 1.165) is 0 Å². The molecule has 0 spiro atoms. The number of hydrazone groups is 1. The minimum absolute atomic E-state index is 0.981. The van der Waals surface area contributed by atoms with Crippen LogP contribution in [0.15, 0.2) is 5.10 Å². The molecule has 4 nitrogen and oxygen atoms in total. The molecule has 70 valence electrons. The van der Waals surface area contributed by atoms with E-state index < -0.39 is 18.8 Å². The summed E-state index contributed by atoms with van der Waals surface area (Å²) in [7, 11) is 0. The van der Waals surface area contributed by atoms with Crippen molar-refractivity contribution in [1.82, 2.24) is 10.7 Å². The lowest BCUT2D eigenvalue weighted by Crippen LogP contribution is -2.38. The highest BCUT2D eigenvalue weighted by Crippen LogP contribution is 2.11. The maximum Gasteiger partial charge on any atom is 0.405 e. The molecule has 0 saturated heterocycles. The van der Waals surface area contributed by atoms with Crippen LogP contribution in [0, 0.1) is 0 Å². The third-order valence-corrected chi connectivity index (χ3v) is 0.745. The van der Waals surface area contributed by atoms with Crippen molar-refractivity contribution in [1.29, 1.82) is 0 Å². The van der Waals surface area contributed by atoms with Gasteiger partial charge in [0.2, 0.25) is 0 Å². The van der Waals surface area contributed by atoms with E-state index >= 15 is 0 Å². The molecule has 2 N–H and O–H groups in total. The summed E-state index contributed by atoms with van der Waals surface area (Å²) in [4.78, 5) is 10.4. The summed E-state index contributed by atoms with van der Waals surface area (Å²) in [6.45, 7) is 0.155. The molecule has 0 aliphatic rings. The SMILES string of the molecule is CC=NNC(=O)NCC(F)(F)F. The molecule has 0 bridgehead atoms. The molecule has 0 saturated carbocycles. The molecule has 0 unspecified atom stereocenters. The topological polar surface area (TPSA) is 53.5 Å². The Labute approximate surface area is 66.8 Å². The van der Waals surface area contributed by atoms with E-state index in [9.17, 15) is 18.0 Å². The number of hydrogen-bond acceptors (Lipinski definition) is 2. The Balaban J connectivity index is 3.58. The lowest BCUT2D eigenvalue weighted by Gasteiger charge is -2.06. The zero-order valence-electron chi connectivity index (χ0n) is 6.27. The van der Waals surface area contributed by atoms with Crippen LogP contribution in [-0.4, -0.2) is 25.0 Å². The zero-order chi connectivity index (χ0) is 9.61. The maximum absolute atomic E-state index is 11.5. The summed E-state index contributed by atoms with van der Waals surface area (Å²) < 4.78 is 34.4. The van der Waals surface area contributed by atoms with Crippen LogP contribution in [0.5, 0.6) is 0 Å². The van der Waals surface area contributed by atoms with Crippen LogP contribution in [0.4, 0.5) is 18.0 Å². The standard InChI is InChI=1S/C5H8F3N3O/c1-2-10-11-4(12)9-3-5(6,7)8/h2H,3H2,1H3,(H2,9,11,12). The van der Waals surface area contributed by atoms with Gasteiger partial charge in [-0.15, -0.1) is 0 Å². The molecule has 0 rings (SSSR count). The molecule has 0 aromatic heterocycles. The number of hydrogen-bond donors (Lipinski definition) is 2. The maximum atomic E-state index is 11.5. The average molecular weight is 183 g/mol. The van der Waals surface area contributed by atoms with Crippen LogP contribution >= 0.6 is 0 Å². The first-order valence-corrected chi connectivity index (χ1v) is 3.04. The molecule has 0 aromatic carbocycles. The molecular formula is C5H8F3N3O. The number of urea groups is 1. The number of rotatable bonds is 2. The van der Waals surface area contributed by atoms with E-state index in [1.165, 1.54) is 13.1 Å². The highest BCUT2D eigenvalue weighted by atomic mass is 19.4. The molecule has 0 heterocycles. The van der Waals surface area contributed by atoms with Crippen LogP contribution < -0.4 is 10.7 Å². The van der Waals surface area contributed by atoms with Gasteiger partial charge in [0.05, 0.1) is 0 Å². The van der Waals surface area contributed by atoms with Crippen molar-refractivity contribution in [2.24, 2.45) is 5.10 Å². The minimum Gasteiger partial charge on any atom is -0.328 e. The quantitative estimate of drug-likeness (QED) is 0.484. The zero-order valence-corrected chi connectivity index (χ0v) is 6.27. The fourth-order valence-corrected chi connectivity index (χ4v) is 0.343. The molecule has 0 aromatic rings. The Kier molecular flexibility index (Phi) is 4.09. The van der Waals surface area contributed by atoms with Gasteiger partial charge in [0.15, 0.2) is 0 Å². The molecule has 0 atom stereocenters. The van der Waals surface area contributed by atoms with Crippen molar-refractivity contribution >= 4 is 12.2 Å². The number of carbonyl (C=O) groups is 1. The summed E-state index contributed by atoms with van der Waals surface area (Å²) in [6.07, 6.45) is -3.15. The van der Waals surface area contributed by atoms with Crippen molar-refractivity contribution in [2.45, 2.75) is 13.1 Å². The van der Waals surface area contributed by atoms with Crippen LogP contribution in [0.25, 0.3) is 0 Å². The number of nitrogens with one attached hydrogen (secondary N) is 2. The fraction of sp³-hybridized carbons (Fsp3) is 0.600. The molecule has 2 amide bonds. The number of amides is 2. The van der Waals surface area contributed by atoms with Crippen LogP contribution in [0.3, 0.4) is 0 Å². The van der Waals surface area contributed by atoms with Gasteiger partial charge in [-0.2, -0.15) is 18.3 Å². The van der Waals surface area contributed by atoms with Crippen LogP contribution in [-0.2, 0) is 0 Å². The smallest absolute Gasteiger partial charge is 0.328 e. The van der Waals surface area contributed by atoms with Gasteiger partial charge in [-0.3, -0.25) is 0 Å². The van der Waals surface area contributed by atoms with Gasteiger partial charge in [0, 0.05) is 6.21 Å². The van der Waals surface area contributed by atoms with E-state index in [1.807, 2.05) is 5.43 Å². The molecular weight excluding hydrogens is 175 g/mol. The molecule has 12 heavy (non-hydrogen) atoms. The summed E-state index contributed by atoms with van der Waals surface area (Å²) in [5.41, 5.74) is 1.82. The molecule has 0 aliphatic carbocycles. The molecule has 0 aliphatic heterocycles. The van der Waals surface area contributed by atoms with E-state index in [2.05, 4.69) is 5.10 Å². The Morgan fingerprint density at radius 2 is 2.17 bits per heavy atom.